The van der Waals surface area contributed by atoms with Crippen LogP contribution >= 0.6 is 0 Å². The highest BCUT2D eigenvalue weighted by Gasteiger charge is 2.20. The Morgan fingerprint density at radius 2 is 0.714 bits per heavy atom. The third-order valence-electron chi connectivity index (χ3n) is 7.50. The summed E-state index contributed by atoms with van der Waals surface area (Å²) < 4.78 is 5.59. The van der Waals surface area contributed by atoms with Crippen LogP contribution in [0.2, 0.25) is 0 Å². The predicted molar refractivity (Wildman–Crippen MR) is 156 cm³/mol. The summed E-state index contributed by atoms with van der Waals surface area (Å²) in [5.41, 5.74) is 0. The number of hydrogen-bond donors (Lipinski definition) is 0. The van der Waals surface area contributed by atoms with Crippen LogP contribution in [0.3, 0.4) is 0 Å². The van der Waals surface area contributed by atoms with Gasteiger partial charge in [-0.15, -0.1) is 0 Å². The summed E-state index contributed by atoms with van der Waals surface area (Å²) in [4.78, 5) is 12.6. The first-order valence-electron chi connectivity index (χ1n) is 16.3. The maximum absolute atomic E-state index is 12.6. The van der Waals surface area contributed by atoms with Gasteiger partial charge in [0.1, 0.15) is 0 Å². The van der Waals surface area contributed by atoms with Gasteiger partial charge in [0.2, 0.25) is 0 Å². The molecule has 2 nitrogen and oxygen atoms in total. The summed E-state index contributed by atoms with van der Waals surface area (Å²) in [7, 11) is 0. The zero-order chi connectivity index (χ0) is 25.8. The second-order valence-electron chi connectivity index (χ2n) is 11.5. The van der Waals surface area contributed by atoms with Gasteiger partial charge in [-0.3, -0.25) is 4.79 Å². The molecule has 0 saturated heterocycles. The van der Waals surface area contributed by atoms with E-state index in [1.807, 2.05) is 13.8 Å². The van der Waals surface area contributed by atoms with Gasteiger partial charge in [-0.05, 0) is 26.7 Å². The lowest BCUT2D eigenvalue weighted by Gasteiger charge is -2.18. The van der Waals surface area contributed by atoms with Gasteiger partial charge in [0.25, 0.3) is 0 Å². The minimum atomic E-state index is 0.00838. The number of esters is 1. The molecule has 1 unspecified atom stereocenters. The molecule has 0 spiro atoms. The van der Waals surface area contributed by atoms with Crippen molar-refractivity contribution in [3.63, 3.8) is 0 Å². The molecule has 0 bridgehead atoms. The monoisotopic (exact) mass is 495 g/mol. The number of ether oxygens (including phenoxy) is 1. The van der Waals surface area contributed by atoms with Crippen molar-refractivity contribution in [1.82, 2.24) is 0 Å². The van der Waals surface area contributed by atoms with Gasteiger partial charge in [0, 0.05) is 0 Å². The van der Waals surface area contributed by atoms with Gasteiger partial charge in [-0.25, -0.2) is 0 Å². The highest BCUT2D eigenvalue weighted by atomic mass is 16.5. The minimum Gasteiger partial charge on any atom is -0.463 e. The van der Waals surface area contributed by atoms with Crippen molar-refractivity contribution in [2.45, 2.75) is 201 Å². The highest BCUT2D eigenvalue weighted by Crippen LogP contribution is 2.22. The molecule has 0 radical (unpaired) electrons. The Bertz CT molecular complexity index is 417. The standard InChI is InChI=1S/C33H66O2/c1-5-7-9-11-13-15-17-18-19-20-22-24-26-28-30-32(33(34)35-31(3)4)29-27-25-23-21-16-14-12-10-8-6-2/h31-32H,5-30H2,1-4H3. The molecule has 0 aromatic carbocycles. The molecule has 0 heterocycles. The molecule has 0 saturated carbocycles. The number of hydrogen-bond acceptors (Lipinski definition) is 2. The Labute approximate surface area is 222 Å². The molecule has 0 aromatic rings. The van der Waals surface area contributed by atoms with Crippen molar-refractivity contribution >= 4 is 5.97 Å². The van der Waals surface area contributed by atoms with Gasteiger partial charge in [0.15, 0.2) is 0 Å². The number of unbranched alkanes of at least 4 members (excludes halogenated alkanes) is 22. The second kappa shape index (κ2) is 28.0. The molecule has 0 amide bonds. The van der Waals surface area contributed by atoms with Crippen LogP contribution in [0.15, 0.2) is 0 Å². The normalized spacial score (nSPS) is 12.4. The first kappa shape index (κ1) is 34.5. The molecule has 0 aliphatic heterocycles. The average Bonchev–Trinajstić information content (AvgIpc) is 2.83. The highest BCUT2D eigenvalue weighted by molar-refractivity contribution is 5.72. The summed E-state index contributed by atoms with van der Waals surface area (Å²) in [5, 5.41) is 0. The minimum absolute atomic E-state index is 0.00838. The molecule has 210 valence electrons. The maximum atomic E-state index is 12.6. The summed E-state index contributed by atoms with van der Waals surface area (Å²) in [5.74, 6) is 0.189. The molecular formula is C33H66O2. The number of carbonyl (C=O) groups excluding carboxylic acids is 1. The third-order valence-corrected chi connectivity index (χ3v) is 7.50. The van der Waals surface area contributed by atoms with Crippen LogP contribution in [-0.2, 0) is 9.53 Å². The lowest BCUT2D eigenvalue weighted by Crippen LogP contribution is -2.21. The van der Waals surface area contributed by atoms with E-state index in [0.717, 1.165) is 12.8 Å². The summed E-state index contributed by atoms with van der Waals surface area (Å²) in [6, 6.07) is 0. The van der Waals surface area contributed by atoms with Crippen molar-refractivity contribution in [1.29, 1.82) is 0 Å². The van der Waals surface area contributed by atoms with E-state index < -0.39 is 0 Å². The van der Waals surface area contributed by atoms with E-state index in [1.54, 1.807) is 0 Å². The smallest absolute Gasteiger partial charge is 0.309 e. The third kappa shape index (κ3) is 26.3. The Balaban J connectivity index is 3.75. The van der Waals surface area contributed by atoms with Crippen LogP contribution in [-0.4, -0.2) is 12.1 Å². The molecule has 0 aliphatic carbocycles. The lowest BCUT2D eigenvalue weighted by molar-refractivity contribution is -0.153. The van der Waals surface area contributed by atoms with Gasteiger partial charge in [-0.2, -0.15) is 0 Å². The van der Waals surface area contributed by atoms with E-state index in [1.165, 1.54) is 154 Å². The van der Waals surface area contributed by atoms with Crippen molar-refractivity contribution in [3.05, 3.63) is 0 Å². The van der Waals surface area contributed by atoms with Crippen molar-refractivity contribution in [3.8, 4) is 0 Å². The molecule has 0 aromatic heterocycles. The van der Waals surface area contributed by atoms with Crippen LogP contribution in [0.4, 0.5) is 0 Å². The van der Waals surface area contributed by atoms with Crippen LogP contribution in [0.1, 0.15) is 195 Å². The summed E-state index contributed by atoms with van der Waals surface area (Å²) >= 11 is 0. The molecule has 0 rings (SSSR count). The quantitative estimate of drug-likeness (QED) is 0.0798. The van der Waals surface area contributed by atoms with Crippen molar-refractivity contribution in [2.24, 2.45) is 5.92 Å². The average molecular weight is 495 g/mol. The van der Waals surface area contributed by atoms with Gasteiger partial charge in [-0.1, -0.05) is 168 Å². The predicted octanol–water partition coefficient (Wildman–Crippen LogP) is 11.7. The molecule has 0 fully saturated rings. The fourth-order valence-corrected chi connectivity index (χ4v) is 5.17. The zero-order valence-electron chi connectivity index (χ0n) is 24.9. The van der Waals surface area contributed by atoms with Crippen LogP contribution in [0, 0.1) is 5.92 Å². The SMILES string of the molecule is CCCCCCCCCCCCCCCCC(CCCCCCCCCCCC)C(=O)OC(C)C. The fraction of sp³-hybridized carbons (Fsp3) is 0.970. The molecule has 0 aliphatic rings. The number of rotatable bonds is 28. The van der Waals surface area contributed by atoms with E-state index in [4.69, 9.17) is 4.74 Å². The van der Waals surface area contributed by atoms with E-state index in [2.05, 4.69) is 13.8 Å². The lowest BCUT2D eigenvalue weighted by atomic mass is 9.94. The zero-order valence-corrected chi connectivity index (χ0v) is 24.9. The van der Waals surface area contributed by atoms with E-state index in [9.17, 15) is 4.79 Å². The van der Waals surface area contributed by atoms with Crippen molar-refractivity contribution < 1.29 is 9.53 Å². The van der Waals surface area contributed by atoms with Crippen LogP contribution in [0.25, 0.3) is 0 Å². The van der Waals surface area contributed by atoms with E-state index in [-0.39, 0.29) is 18.0 Å². The largest absolute Gasteiger partial charge is 0.463 e. The Morgan fingerprint density at radius 1 is 0.457 bits per heavy atom. The van der Waals surface area contributed by atoms with E-state index >= 15 is 0 Å². The first-order valence-corrected chi connectivity index (χ1v) is 16.3. The molecule has 35 heavy (non-hydrogen) atoms. The Morgan fingerprint density at radius 3 is 0.971 bits per heavy atom. The molecule has 1 atom stereocenters. The fourth-order valence-electron chi connectivity index (χ4n) is 5.17. The first-order chi connectivity index (χ1) is 17.1. The Hall–Kier alpha value is -0.530. The van der Waals surface area contributed by atoms with Crippen molar-refractivity contribution in [2.75, 3.05) is 0 Å². The van der Waals surface area contributed by atoms with Crippen LogP contribution < -0.4 is 0 Å². The van der Waals surface area contributed by atoms with Crippen LogP contribution in [0.5, 0.6) is 0 Å². The Kier molecular flexibility index (Phi) is 27.6. The number of carbonyl (C=O) groups is 1. The topological polar surface area (TPSA) is 26.3 Å². The van der Waals surface area contributed by atoms with Gasteiger partial charge in [0.05, 0.1) is 12.0 Å². The maximum Gasteiger partial charge on any atom is 0.309 e. The summed E-state index contributed by atoms with van der Waals surface area (Å²) in [6.07, 6.45) is 35.0. The molecule has 2 heteroatoms. The van der Waals surface area contributed by atoms with E-state index in [0.29, 0.717) is 0 Å². The second-order valence-corrected chi connectivity index (χ2v) is 11.5. The van der Waals surface area contributed by atoms with Gasteiger partial charge < -0.3 is 4.74 Å². The van der Waals surface area contributed by atoms with Gasteiger partial charge >= 0.3 is 5.97 Å². The molecular weight excluding hydrogens is 428 g/mol. The molecule has 0 N–H and O–H groups in total. The summed E-state index contributed by atoms with van der Waals surface area (Å²) in [6.45, 7) is 8.52.